The van der Waals surface area contributed by atoms with Gasteiger partial charge in [-0.2, -0.15) is 0 Å². The number of rotatable bonds is 1. The van der Waals surface area contributed by atoms with E-state index in [-0.39, 0.29) is 5.95 Å². The van der Waals surface area contributed by atoms with E-state index in [9.17, 15) is 0 Å². The summed E-state index contributed by atoms with van der Waals surface area (Å²) in [7, 11) is 0. The van der Waals surface area contributed by atoms with Gasteiger partial charge >= 0.3 is 0 Å². The zero-order valence-electron chi connectivity index (χ0n) is 8.88. The average Bonchev–Trinajstić information content (AvgIpc) is 2.76. The van der Waals surface area contributed by atoms with Crippen LogP contribution in [0.15, 0.2) is 24.5 Å². The van der Waals surface area contributed by atoms with Crippen molar-refractivity contribution in [1.82, 2.24) is 24.8 Å². The number of aromatic nitrogens is 5. The number of halogens is 2. The first-order chi connectivity index (χ1) is 8.65. The molecule has 0 aliphatic rings. The van der Waals surface area contributed by atoms with Gasteiger partial charge in [-0.1, -0.05) is 23.2 Å². The monoisotopic (exact) mass is 280 g/mol. The summed E-state index contributed by atoms with van der Waals surface area (Å²) in [6.07, 6.45) is 1.37. The molecule has 1 aromatic carbocycles. The van der Waals surface area contributed by atoms with E-state index in [1.54, 1.807) is 18.2 Å². The molecule has 0 saturated heterocycles. The summed E-state index contributed by atoms with van der Waals surface area (Å²) in [5.41, 5.74) is 7.29. The lowest BCUT2D eigenvalue weighted by Crippen LogP contribution is -2.05. The molecule has 18 heavy (non-hydrogen) atoms. The molecule has 0 aliphatic carbocycles. The highest BCUT2D eigenvalue weighted by molar-refractivity contribution is 6.36. The van der Waals surface area contributed by atoms with Crippen molar-refractivity contribution in [1.29, 1.82) is 0 Å². The van der Waals surface area contributed by atoms with Crippen LogP contribution in [0.1, 0.15) is 0 Å². The molecule has 0 bridgehead atoms. The summed E-state index contributed by atoms with van der Waals surface area (Å²) in [4.78, 5) is 8.23. The van der Waals surface area contributed by atoms with Crippen molar-refractivity contribution in [2.45, 2.75) is 0 Å². The Kier molecular flexibility index (Phi) is 2.53. The van der Waals surface area contributed by atoms with Crippen LogP contribution in [0.3, 0.4) is 0 Å². The Morgan fingerprint density at radius 2 is 2.06 bits per heavy atom. The molecule has 3 aromatic rings. The van der Waals surface area contributed by atoms with Crippen LogP contribution in [-0.2, 0) is 0 Å². The number of hydrogen-bond donors (Lipinski definition) is 1. The second-order valence-corrected chi connectivity index (χ2v) is 4.36. The standard InChI is InChI=1S/C10H6Cl2N6/c11-5-1-2-6(7(12)3-5)8-9-14-4-15-18(9)17-10(13)16-8/h1-4H,(H2,13,17). The number of benzene rings is 1. The average molecular weight is 281 g/mol. The van der Waals surface area contributed by atoms with Crippen molar-refractivity contribution in [2.24, 2.45) is 0 Å². The molecule has 3 rings (SSSR count). The van der Waals surface area contributed by atoms with Crippen LogP contribution in [0.25, 0.3) is 16.9 Å². The Bertz CT molecular complexity index is 738. The summed E-state index contributed by atoms with van der Waals surface area (Å²) >= 11 is 12.0. The molecule has 0 atom stereocenters. The van der Waals surface area contributed by atoms with Crippen molar-refractivity contribution < 1.29 is 0 Å². The molecule has 2 heterocycles. The van der Waals surface area contributed by atoms with Gasteiger partial charge in [-0.15, -0.1) is 14.8 Å². The van der Waals surface area contributed by atoms with E-state index < -0.39 is 0 Å². The van der Waals surface area contributed by atoms with E-state index in [1.165, 1.54) is 11.0 Å². The van der Waals surface area contributed by atoms with Crippen LogP contribution in [0.4, 0.5) is 5.95 Å². The molecule has 0 unspecified atom stereocenters. The van der Waals surface area contributed by atoms with Crippen LogP contribution in [0.2, 0.25) is 10.0 Å². The Morgan fingerprint density at radius 3 is 2.83 bits per heavy atom. The predicted octanol–water partition coefficient (Wildman–Crippen LogP) is 2.08. The minimum Gasteiger partial charge on any atom is -0.366 e. The molecule has 0 amide bonds. The summed E-state index contributed by atoms with van der Waals surface area (Å²) in [5.74, 6) is 0.0917. The maximum absolute atomic E-state index is 6.14. The minimum absolute atomic E-state index is 0.0917. The van der Waals surface area contributed by atoms with Crippen LogP contribution in [0, 0.1) is 0 Å². The van der Waals surface area contributed by atoms with E-state index in [1.807, 2.05) is 0 Å². The van der Waals surface area contributed by atoms with E-state index in [2.05, 4.69) is 20.2 Å². The Balaban J connectivity index is 2.33. The first-order valence-electron chi connectivity index (χ1n) is 4.94. The molecule has 0 fully saturated rings. The number of anilines is 1. The molecule has 0 radical (unpaired) electrons. The second kappa shape index (κ2) is 4.08. The number of fused-ring (bicyclic) bond motifs is 1. The molecule has 2 N–H and O–H groups in total. The van der Waals surface area contributed by atoms with E-state index in [4.69, 9.17) is 28.9 Å². The third kappa shape index (κ3) is 1.75. The van der Waals surface area contributed by atoms with Crippen molar-refractivity contribution in [3.8, 4) is 11.3 Å². The van der Waals surface area contributed by atoms with Gasteiger partial charge in [0.25, 0.3) is 0 Å². The lowest BCUT2D eigenvalue weighted by atomic mass is 10.1. The topological polar surface area (TPSA) is 82.0 Å². The maximum atomic E-state index is 6.14. The van der Waals surface area contributed by atoms with Gasteiger partial charge in [-0.3, -0.25) is 0 Å². The number of hydrogen-bond acceptors (Lipinski definition) is 5. The zero-order valence-corrected chi connectivity index (χ0v) is 10.4. The fourth-order valence-corrected chi connectivity index (χ4v) is 2.11. The molecule has 0 aliphatic heterocycles. The Hall–Kier alpha value is -1.92. The molecular weight excluding hydrogens is 275 g/mol. The van der Waals surface area contributed by atoms with Gasteiger partial charge in [-0.25, -0.2) is 9.97 Å². The molecular formula is C10H6Cl2N6. The summed E-state index contributed by atoms with van der Waals surface area (Å²) in [5, 5.41) is 8.84. The van der Waals surface area contributed by atoms with Gasteiger partial charge in [0.2, 0.25) is 11.6 Å². The predicted molar refractivity (Wildman–Crippen MR) is 68.4 cm³/mol. The smallest absolute Gasteiger partial charge is 0.240 e. The second-order valence-electron chi connectivity index (χ2n) is 3.52. The third-order valence-corrected chi connectivity index (χ3v) is 2.90. The summed E-state index contributed by atoms with van der Waals surface area (Å²) in [6.45, 7) is 0. The van der Waals surface area contributed by atoms with Crippen LogP contribution < -0.4 is 5.73 Å². The largest absolute Gasteiger partial charge is 0.366 e. The molecule has 90 valence electrons. The van der Waals surface area contributed by atoms with Crippen LogP contribution in [-0.4, -0.2) is 24.8 Å². The van der Waals surface area contributed by atoms with Gasteiger partial charge in [0.05, 0.1) is 5.02 Å². The highest BCUT2D eigenvalue weighted by atomic mass is 35.5. The quantitative estimate of drug-likeness (QED) is 0.738. The van der Waals surface area contributed by atoms with Crippen LogP contribution >= 0.6 is 23.2 Å². The Labute approximate surface area is 111 Å². The van der Waals surface area contributed by atoms with Crippen molar-refractivity contribution in [2.75, 3.05) is 5.73 Å². The highest BCUT2D eigenvalue weighted by Gasteiger charge is 2.13. The Morgan fingerprint density at radius 1 is 1.22 bits per heavy atom. The van der Waals surface area contributed by atoms with Gasteiger partial charge < -0.3 is 5.73 Å². The SMILES string of the molecule is Nc1nc(-c2ccc(Cl)cc2Cl)c2ncnn2n1. The molecule has 0 saturated carbocycles. The lowest BCUT2D eigenvalue weighted by molar-refractivity contribution is 0.792. The summed E-state index contributed by atoms with van der Waals surface area (Å²) < 4.78 is 1.31. The number of nitrogen functional groups attached to an aromatic ring is 1. The molecule has 2 aromatic heterocycles. The molecule has 0 spiro atoms. The van der Waals surface area contributed by atoms with Crippen molar-refractivity contribution >= 4 is 34.8 Å². The first kappa shape index (κ1) is 11.2. The first-order valence-corrected chi connectivity index (χ1v) is 5.70. The summed E-state index contributed by atoms with van der Waals surface area (Å²) in [6, 6.07) is 5.10. The fourth-order valence-electron chi connectivity index (χ4n) is 1.61. The minimum atomic E-state index is 0.0917. The highest BCUT2D eigenvalue weighted by Crippen LogP contribution is 2.30. The number of nitrogens with two attached hydrogens (primary N) is 1. The van der Waals surface area contributed by atoms with Gasteiger partial charge in [0.1, 0.15) is 12.0 Å². The van der Waals surface area contributed by atoms with Crippen molar-refractivity contribution in [3.05, 3.63) is 34.6 Å². The van der Waals surface area contributed by atoms with Gasteiger partial charge in [0, 0.05) is 10.6 Å². The van der Waals surface area contributed by atoms with Gasteiger partial charge in [-0.05, 0) is 18.2 Å². The lowest BCUT2D eigenvalue weighted by Gasteiger charge is -2.05. The zero-order chi connectivity index (χ0) is 12.7. The van der Waals surface area contributed by atoms with Crippen molar-refractivity contribution in [3.63, 3.8) is 0 Å². The maximum Gasteiger partial charge on any atom is 0.240 e. The number of nitrogens with zero attached hydrogens (tertiary/aromatic N) is 5. The van der Waals surface area contributed by atoms with E-state index in [0.29, 0.717) is 26.9 Å². The van der Waals surface area contributed by atoms with Gasteiger partial charge in [0.15, 0.2) is 0 Å². The molecule has 8 heteroatoms. The third-order valence-electron chi connectivity index (χ3n) is 2.35. The van der Waals surface area contributed by atoms with E-state index in [0.717, 1.165) is 0 Å². The van der Waals surface area contributed by atoms with Crippen LogP contribution in [0.5, 0.6) is 0 Å². The molecule has 6 nitrogen and oxygen atoms in total. The van der Waals surface area contributed by atoms with E-state index >= 15 is 0 Å². The fraction of sp³-hybridized carbons (Fsp3) is 0. The normalized spacial score (nSPS) is 11.0.